The zero-order valence-corrected chi connectivity index (χ0v) is 35.9. The topological polar surface area (TPSA) is 170 Å². The maximum absolute atomic E-state index is 14.2. The first kappa shape index (κ1) is 46.5. The zero-order valence-electron chi connectivity index (χ0n) is 34.2. The van der Waals surface area contributed by atoms with Gasteiger partial charge in [0.1, 0.15) is 12.1 Å². The average Bonchev–Trinajstić information content (AvgIpc) is 3.23. The van der Waals surface area contributed by atoms with Crippen molar-refractivity contribution in [1.29, 1.82) is 0 Å². The molecule has 1 aliphatic heterocycles. The molecule has 0 bridgehead atoms. The summed E-state index contributed by atoms with van der Waals surface area (Å²) in [5.41, 5.74) is 3.40. The number of nitrogens with zero attached hydrogens (tertiary/aromatic N) is 2. The second-order valence-electron chi connectivity index (χ2n) is 14.5. The van der Waals surface area contributed by atoms with Crippen LogP contribution in [0.3, 0.4) is 0 Å². The van der Waals surface area contributed by atoms with Crippen LogP contribution in [0.5, 0.6) is 0 Å². The number of rotatable bonds is 12. The first-order valence-electron chi connectivity index (χ1n) is 20.1. The van der Waals surface area contributed by atoms with E-state index in [0.29, 0.717) is 0 Å². The lowest BCUT2D eigenvalue weighted by molar-refractivity contribution is -0.136. The number of amides is 2. The molecule has 16 heteroatoms. The van der Waals surface area contributed by atoms with E-state index in [9.17, 15) is 26.4 Å². The van der Waals surface area contributed by atoms with Gasteiger partial charge >= 0.3 is 0 Å². The molecule has 2 atom stereocenters. The summed E-state index contributed by atoms with van der Waals surface area (Å²) in [7, 11) is -8.08. The number of sulfonamides is 2. The first-order valence-corrected chi connectivity index (χ1v) is 23.0. The summed E-state index contributed by atoms with van der Waals surface area (Å²) < 4.78 is 82.7. The highest BCUT2D eigenvalue weighted by Gasteiger charge is 2.31. The Kier molecular flexibility index (Phi) is 18.2. The van der Waals surface area contributed by atoms with Gasteiger partial charge in [0.15, 0.2) is 0 Å². The Morgan fingerprint density at radius 1 is 0.483 bits per heavy atom. The second kappa shape index (κ2) is 23.5. The van der Waals surface area contributed by atoms with Crippen molar-refractivity contribution in [2.75, 3.05) is 79.0 Å². The number of nitrogens with one attached hydrogen (secondary N) is 2. The summed E-state index contributed by atoms with van der Waals surface area (Å²) in [6.45, 7) is 5.75. The van der Waals surface area contributed by atoms with Gasteiger partial charge in [-0.3, -0.25) is 9.59 Å². The molecule has 1 aliphatic rings. The lowest BCUT2D eigenvalue weighted by Crippen LogP contribution is -2.51. The van der Waals surface area contributed by atoms with Crippen molar-refractivity contribution in [3.05, 3.63) is 131 Å². The van der Waals surface area contributed by atoms with Crippen molar-refractivity contribution >= 4 is 31.9 Å². The molecule has 2 amide bonds. The van der Waals surface area contributed by atoms with E-state index in [-0.39, 0.29) is 102 Å². The van der Waals surface area contributed by atoms with Gasteiger partial charge in [-0.15, -0.1) is 0 Å². The van der Waals surface area contributed by atoms with Gasteiger partial charge in [-0.05, 0) is 62.1 Å². The third kappa shape index (κ3) is 14.9. The fourth-order valence-corrected chi connectivity index (χ4v) is 8.83. The molecule has 5 rings (SSSR count). The van der Waals surface area contributed by atoms with Gasteiger partial charge in [0.25, 0.3) is 0 Å². The number of benzene rings is 4. The summed E-state index contributed by atoms with van der Waals surface area (Å²) in [5.74, 6) is -0.833. The molecule has 0 aliphatic carbocycles. The molecule has 0 spiro atoms. The standard InChI is InChI=1S/C44H56N4O10S2/c1-35-13-17-39(18-14-35)59(51,52)45-41(33-37-9-5-3-6-10-37)43(49)47-21-25-55-29-31-57-27-23-48(24-28-58-32-30-56-26-22-47)44(50)42(34-38-11-7-4-8-12-38)46-60(53,54)40-19-15-36(2)16-20-40/h3-20,41-42,45-46H,21-34H2,1-2H3/t41-,42-/m0/s1. The second-order valence-corrected chi connectivity index (χ2v) is 17.9. The Bertz CT molecular complexity index is 1970. The Morgan fingerprint density at radius 2 is 0.783 bits per heavy atom. The molecule has 14 nitrogen and oxygen atoms in total. The number of hydrogen-bond acceptors (Lipinski definition) is 10. The fourth-order valence-electron chi connectivity index (χ4n) is 6.45. The molecule has 4 aromatic rings. The van der Waals surface area contributed by atoms with Gasteiger partial charge in [0.05, 0.1) is 62.6 Å². The largest absolute Gasteiger partial charge is 0.377 e. The molecule has 1 saturated heterocycles. The highest BCUT2D eigenvalue weighted by Crippen LogP contribution is 2.16. The van der Waals surface area contributed by atoms with Gasteiger partial charge in [-0.1, -0.05) is 96.1 Å². The zero-order chi connectivity index (χ0) is 42.8. The van der Waals surface area contributed by atoms with Crippen molar-refractivity contribution in [3.63, 3.8) is 0 Å². The summed E-state index contributed by atoms with van der Waals surface area (Å²) >= 11 is 0. The number of aryl methyl sites for hydroxylation is 2. The Morgan fingerprint density at radius 3 is 1.08 bits per heavy atom. The van der Waals surface area contributed by atoms with Crippen LogP contribution in [0.15, 0.2) is 119 Å². The molecule has 0 radical (unpaired) electrons. The van der Waals surface area contributed by atoms with Crippen molar-refractivity contribution in [1.82, 2.24) is 19.2 Å². The smallest absolute Gasteiger partial charge is 0.241 e. The molecule has 1 fully saturated rings. The third-order valence-corrected chi connectivity index (χ3v) is 12.8. The number of ether oxygens (including phenoxy) is 4. The van der Waals surface area contributed by atoms with Crippen molar-refractivity contribution in [2.24, 2.45) is 0 Å². The minimum atomic E-state index is -4.04. The van der Waals surface area contributed by atoms with E-state index in [2.05, 4.69) is 9.44 Å². The van der Waals surface area contributed by atoms with Crippen molar-refractivity contribution in [2.45, 2.75) is 48.6 Å². The van der Waals surface area contributed by atoms with E-state index in [4.69, 9.17) is 18.9 Å². The van der Waals surface area contributed by atoms with Crippen LogP contribution >= 0.6 is 0 Å². The van der Waals surface area contributed by atoms with E-state index in [1.807, 2.05) is 74.5 Å². The van der Waals surface area contributed by atoms with E-state index < -0.39 is 43.9 Å². The first-order chi connectivity index (χ1) is 28.9. The normalized spacial score (nSPS) is 16.9. The predicted molar refractivity (Wildman–Crippen MR) is 227 cm³/mol. The third-order valence-electron chi connectivity index (χ3n) is 9.81. The van der Waals surface area contributed by atoms with Crippen molar-refractivity contribution in [3.8, 4) is 0 Å². The van der Waals surface area contributed by atoms with Crippen molar-refractivity contribution < 1.29 is 45.4 Å². The van der Waals surface area contributed by atoms with Crippen LogP contribution in [0.2, 0.25) is 0 Å². The van der Waals surface area contributed by atoms with Crippen LogP contribution < -0.4 is 9.44 Å². The molecule has 0 unspecified atom stereocenters. The monoisotopic (exact) mass is 864 g/mol. The molecule has 60 heavy (non-hydrogen) atoms. The van der Waals surface area contributed by atoms with E-state index in [0.717, 1.165) is 22.3 Å². The summed E-state index contributed by atoms with van der Waals surface area (Å²) in [4.78, 5) is 31.5. The maximum atomic E-state index is 14.2. The Balaban J connectivity index is 1.22. The number of carbonyl (C=O) groups is 2. The van der Waals surface area contributed by atoms with Gasteiger partial charge in [0, 0.05) is 26.2 Å². The molecule has 2 N–H and O–H groups in total. The maximum Gasteiger partial charge on any atom is 0.241 e. The van der Waals surface area contributed by atoms with Gasteiger partial charge < -0.3 is 28.7 Å². The van der Waals surface area contributed by atoms with Crippen LogP contribution in [-0.4, -0.2) is 130 Å². The molecule has 1 heterocycles. The van der Waals surface area contributed by atoms with Gasteiger partial charge in [0.2, 0.25) is 31.9 Å². The van der Waals surface area contributed by atoms with Crippen LogP contribution in [0.25, 0.3) is 0 Å². The Labute approximate surface area is 354 Å². The van der Waals surface area contributed by atoms with Crippen LogP contribution in [0.1, 0.15) is 22.3 Å². The Hall–Kier alpha value is -4.52. The van der Waals surface area contributed by atoms with Crippen LogP contribution in [0, 0.1) is 13.8 Å². The average molecular weight is 865 g/mol. The number of hydrogen-bond donors (Lipinski definition) is 2. The minimum Gasteiger partial charge on any atom is -0.377 e. The molecular weight excluding hydrogens is 809 g/mol. The highest BCUT2D eigenvalue weighted by molar-refractivity contribution is 7.89. The SMILES string of the molecule is Cc1ccc(S(=O)(=O)N[C@@H](Cc2ccccc2)C(=O)N2CCOCCOCCN(C(=O)[C@H](Cc3ccccc3)NS(=O)(=O)c3ccc(C)cc3)CCOCCOCC2)cc1. The molecule has 0 aromatic heterocycles. The summed E-state index contributed by atoms with van der Waals surface area (Å²) in [6, 6.07) is 29.1. The lowest BCUT2D eigenvalue weighted by Gasteiger charge is -2.29. The summed E-state index contributed by atoms with van der Waals surface area (Å²) in [6.07, 6.45) is 0.269. The van der Waals surface area contributed by atoms with E-state index >= 15 is 0 Å². The van der Waals surface area contributed by atoms with Crippen LogP contribution in [-0.2, 0) is 61.4 Å². The van der Waals surface area contributed by atoms with Gasteiger partial charge in [-0.2, -0.15) is 9.44 Å². The molecule has 0 saturated carbocycles. The quantitative estimate of drug-likeness (QED) is 0.215. The van der Waals surface area contributed by atoms with Gasteiger partial charge in [-0.25, -0.2) is 16.8 Å². The van der Waals surface area contributed by atoms with E-state index in [1.165, 1.54) is 24.3 Å². The molecular formula is C44H56N4O10S2. The number of carbonyl (C=O) groups excluding carboxylic acids is 2. The highest BCUT2D eigenvalue weighted by atomic mass is 32.2. The lowest BCUT2D eigenvalue weighted by atomic mass is 10.1. The fraction of sp³-hybridized carbons (Fsp3) is 0.409. The molecule has 4 aromatic carbocycles. The minimum absolute atomic E-state index is 0.0625. The molecule has 324 valence electrons. The predicted octanol–water partition coefficient (Wildman–Crippen LogP) is 3.52. The van der Waals surface area contributed by atoms with Crippen LogP contribution in [0.4, 0.5) is 0 Å². The summed E-state index contributed by atoms with van der Waals surface area (Å²) in [5, 5.41) is 0. The van der Waals surface area contributed by atoms with E-state index in [1.54, 1.807) is 34.1 Å².